The van der Waals surface area contributed by atoms with Crippen molar-refractivity contribution >= 4 is 39.5 Å². The highest BCUT2D eigenvalue weighted by Gasteiger charge is 2.31. The fraction of sp³-hybridized carbons (Fsp3) is 0.955. The van der Waals surface area contributed by atoms with E-state index in [-0.39, 0.29) is 25.7 Å². The Morgan fingerprint density at radius 1 is 0.269 bits per heavy atom. The highest BCUT2D eigenvalue weighted by Crippen LogP contribution is 2.45. The average Bonchev–Trinajstić information content (AvgIpc) is 0.895. The number of carbonyl (C=O) groups excluding carboxylic acids is 4. The summed E-state index contributed by atoms with van der Waals surface area (Å²) in [5.41, 5.74) is 0. The lowest BCUT2D eigenvalue weighted by Crippen LogP contribution is -2.30. The van der Waals surface area contributed by atoms with Gasteiger partial charge in [0.25, 0.3) is 0 Å². The van der Waals surface area contributed by atoms with Crippen molar-refractivity contribution in [3.8, 4) is 0 Å². The van der Waals surface area contributed by atoms with Gasteiger partial charge in [-0.3, -0.25) is 37.3 Å². The van der Waals surface area contributed by atoms with Crippen LogP contribution in [0.25, 0.3) is 0 Å². The van der Waals surface area contributed by atoms with E-state index in [2.05, 4.69) is 48.5 Å². The Kier molecular flexibility index (Phi) is 77.5. The topological polar surface area (TPSA) is 237 Å². The second-order valence-corrected chi connectivity index (χ2v) is 35.9. The predicted molar refractivity (Wildman–Crippen MR) is 446 cm³/mol. The highest BCUT2D eigenvalue weighted by molar-refractivity contribution is 7.47. The number of unbranched alkanes of at least 4 members (excludes halogenated alkanes) is 53. The van der Waals surface area contributed by atoms with Crippen LogP contribution in [0.3, 0.4) is 0 Å². The predicted octanol–water partition coefficient (Wildman–Crippen LogP) is 27.3. The minimum absolute atomic E-state index is 0.106. The first-order chi connectivity index (χ1) is 52.3. The molecule has 0 aliphatic rings. The molecule has 0 saturated heterocycles. The highest BCUT2D eigenvalue weighted by atomic mass is 31.2. The molecule has 0 aromatic heterocycles. The monoisotopic (exact) mass is 1580 g/mol. The van der Waals surface area contributed by atoms with Crippen LogP contribution in [-0.4, -0.2) is 96.7 Å². The molecule has 0 aliphatic heterocycles. The van der Waals surface area contributed by atoms with Gasteiger partial charge in [-0.25, -0.2) is 9.13 Å². The molecular weight excluding hydrogens is 1400 g/mol. The minimum Gasteiger partial charge on any atom is -0.462 e. The molecule has 108 heavy (non-hydrogen) atoms. The van der Waals surface area contributed by atoms with Crippen molar-refractivity contribution in [2.75, 3.05) is 39.6 Å². The molecule has 17 nitrogen and oxygen atoms in total. The van der Waals surface area contributed by atoms with Gasteiger partial charge in [-0.2, -0.15) is 0 Å². The van der Waals surface area contributed by atoms with E-state index in [0.717, 1.165) is 108 Å². The van der Waals surface area contributed by atoms with E-state index in [1.807, 2.05) is 0 Å². The van der Waals surface area contributed by atoms with Gasteiger partial charge in [-0.15, -0.1) is 0 Å². The molecule has 0 heterocycles. The molecule has 0 aromatic rings. The second kappa shape index (κ2) is 78.9. The molecule has 3 N–H and O–H groups in total. The van der Waals surface area contributed by atoms with Crippen LogP contribution in [0.4, 0.5) is 0 Å². The van der Waals surface area contributed by atoms with Gasteiger partial charge in [-0.05, 0) is 43.4 Å². The quantitative estimate of drug-likeness (QED) is 0.0222. The third-order valence-electron chi connectivity index (χ3n) is 21.6. The van der Waals surface area contributed by atoms with Crippen molar-refractivity contribution < 1.29 is 80.2 Å². The third kappa shape index (κ3) is 79.3. The average molecular weight is 1580 g/mol. The lowest BCUT2D eigenvalue weighted by atomic mass is 9.99. The standard InChI is InChI=1S/C89H174O17P2/c1-8-11-12-13-14-15-16-17-18-19-20-21-22-23-27-30-33-36-42-49-56-63-70-86(91)99-76-84(105-88(93)72-65-58-50-43-37-34-31-28-25-24-26-29-32-35-40-47-54-61-68-81(6)9-2)78-103-107(95,96)101-74-83(90)75-102-108(97,98)104-79-85(77-100-87(92)71-64-57-52-45-46-53-60-67-80(4)5)106-89(94)73-66-59-51-44-39-38-41-48-55-62-69-82(7)10-3/h80-85,90H,8-79H2,1-7H3,(H,95,96)(H,97,98)/t81?,82?,83-,84-,85-/m1/s1. The first kappa shape index (κ1) is 106. The Morgan fingerprint density at radius 3 is 0.704 bits per heavy atom. The molecule has 0 fully saturated rings. The van der Waals surface area contributed by atoms with Crippen LogP contribution in [0.15, 0.2) is 0 Å². The summed E-state index contributed by atoms with van der Waals surface area (Å²) in [5, 5.41) is 10.7. The molecule has 0 amide bonds. The Bertz CT molecular complexity index is 2080. The molecule has 642 valence electrons. The number of carbonyl (C=O) groups is 4. The summed E-state index contributed by atoms with van der Waals surface area (Å²) < 4.78 is 68.9. The van der Waals surface area contributed by atoms with Crippen LogP contribution in [0.2, 0.25) is 0 Å². The number of esters is 4. The first-order valence-corrected chi connectivity index (χ1v) is 48.9. The lowest BCUT2D eigenvalue weighted by molar-refractivity contribution is -0.161. The zero-order valence-electron chi connectivity index (χ0n) is 71.3. The fourth-order valence-corrected chi connectivity index (χ4v) is 15.4. The zero-order chi connectivity index (χ0) is 79.3. The number of phosphoric ester groups is 2. The molecule has 7 atom stereocenters. The van der Waals surface area contributed by atoms with E-state index in [9.17, 15) is 43.2 Å². The lowest BCUT2D eigenvalue weighted by Gasteiger charge is -2.21. The molecule has 0 aromatic carbocycles. The summed E-state index contributed by atoms with van der Waals surface area (Å²) in [6, 6.07) is 0. The van der Waals surface area contributed by atoms with Crippen LogP contribution in [-0.2, 0) is 65.4 Å². The summed E-state index contributed by atoms with van der Waals surface area (Å²) >= 11 is 0. The van der Waals surface area contributed by atoms with Gasteiger partial charge in [0, 0.05) is 25.7 Å². The van der Waals surface area contributed by atoms with Crippen molar-refractivity contribution in [3.63, 3.8) is 0 Å². The van der Waals surface area contributed by atoms with Crippen LogP contribution in [0, 0.1) is 17.8 Å². The Balaban J connectivity index is 5.21. The Morgan fingerprint density at radius 2 is 0.472 bits per heavy atom. The van der Waals surface area contributed by atoms with E-state index < -0.39 is 97.5 Å². The normalized spacial score (nSPS) is 14.3. The summed E-state index contributed by atoms with van der Waals surface area (Å²) in [6.07, 6.45) is 71.0. The van der Waals surface area contributed by atoms with Crippen molar-refractivity contribution in [2.45, 2.75) is 491 Å². The maximum Gasteiger partial charge on any atom is 0.472 e. The number of hydrogen-bond donors (Lipinski definition) is 3. The minimum atomic E-state index is -4.97. The molecule has 0 aliphatic carbocycles. The zero-order valence-corrected chi connectivity index (χ0v) is 73.1. The second-order valence-electron chi connectivity index (χ2n) is 32.9. The van der Waals surface area contributed by atoms with E-state index in [0.29, 0.717) is 31.6 Å². The molecule has 0 spiro atoms. The number of ether oxygens (including phenoxy) is 4. The van der Waals surface area contributed by atoms with Crippen molar-refractivity contribution in [1.82, 2.24) is 0 Å². The summed E-state index contributed by atoms with van der Waals surface area (Å²) in [5.74, 6) is 0.274. The summed E-state index contributed by atoms with van der Waals surface area (Å²) in [7, 11) is -9.93. The van der Waals surface area contributed by atoms with E-state index in [1.54, 1.807) is 0 Å². The number of rotatable bonds is 87. The fourth-order valence-electron chi connectivity index (χ4n) is 13.8. The number of aliphatic hydroxyl groups excluding tert-OH is 1. The molecule has 0 radical (unpaired) electrons. The molecular formula is C89H174O17P2. The van der Waals surface area contributed by atoms with Crippen molar-refractivity contribution in [3.05, 3.63) is 0 Å². The molecule has 0 bridgehead atoms. The van der Waals surface area contributed by atoms with Crippen molar-refractivity contribution in [1.29, 1.82) is 0 Å². The van der Waals surface area contributed by atoms with E-state index >= 15 is 0 Å². The van der Waals surface area contributed by atoms with Gasteiger partial charge in [0.1, 0.15) is 19.3 Å². The largest absolute Gasteiger partial charge is 0.472 e. The summed E-state index contributed by atoms with van der Waals surface area (Å²) in [6.45, 7) is 12.0. The number of phosphoric acid groups is 2. The van der Waals surface area contributed by atoms with E-state index in [1.165, 1.54) is 276 Å². The van der Waals surface area contributed by atoms with Gasteiger partial charge in [0.05, 0.1) is 26.4 Å². The molecule has 19 heteroatoms. The van der Waals surface area contributed by atoms with Crippen LogP contribution in [0.1, 0.15) is 472 Å². The van der Waals surface area contributed by atoms with Gasteiger partial charge in [0.2, 0.25) is 0 Å². The number of hydrogen-bond acceptors (Lipinski definition) is 15. The molecule has 0 saturated carbocycles. The molecule has 4 unspecified atom stereocenters. The van der Waals surface area contributed by atoms with Crippen LogP contribution in [0.5, 0.6) is 0 Å². The SMILES string of the molecule is CCCCCCCCCCCCCCCCCCCCCCCCC(=O)OC[C@H](COP(=O)(O)OC[C@@H](O)COP(=O)(O)OC[C@@H](COC(=O)CCCCCCCCCC(C)C)OC(=O)CCCCCCCCCCCCC(C)CC)OC(=O)CCCCCCCCCCCCCCCCCCCCC(C)CC. The maximum atomic E-state index is 13.2. The summed E-state index contributed by atoms with van der Waals surface area (Å²) in [4.78, 5) is 73.3. The van der Waals surface area contributed by atoms with E-state index in [4.69, 9.17) is 37.0 Å². The van der Waals surface area contributed by atoms with Crippen LogP contribution < -0.4 is 0 Å². The maximum absolute atomic E-state index is 13.2. The van der Waals surface area contributed by atoms with Gasteiger partial charge < -0.3 is 33.8 Å². The first-order valence-electron chi connectivity index (χ1n) is 45.9. The Hall–Kier alpha value is -1.94. The molecule has 0 rings (SSSR count). The third-order valence-corrected chi connectivity index (χ3v) is 23.5. The van der Waals surface area contributed by atoms with Gasteiger partial charge in [-0.1, -0.05) is 421 Å². The smallest absolute Gasteiger partial charge is 0.462 e. The van der Waals surface area contributed by atoms with Crippen LogP contribution >= 0.6 is 15.6 Å². The van der Waals surface area contributed by atoms with Gasteiger partial charge in [0.15, 0.2) is 12.2 Å². The number of aliphatic hydroxyl groups is 1. The van der Waals surface area contributed by atoms with Gasteiger partial charge >= 0.3 is 39.5 Å². The Labute approximate surface area is 664 Å². The van der Waals surface area contributed by atoms with Crippen molar-refractivity contribution in [2.24, 2.45) is 17.8 Å².